The van der Waals surface area contributed by atoms with Crippen LogP contribution < -0.4 is 4.90 Å². The predicted molar refractivity (Wildman–Crippen MR) is 94.5 cm³/mol. The number of halogens is 1. The van der Waals surface area contributed by atoms with Gasteiger partial charge in [-0.25, -0.2) is 4.98 Å². The third-order valence-electron chi connectivity index (χ3n) is 4.06. The Morgan fingerprint density at radius 2 is 1.88 bits per heavy atom. The van der Waals surface area contributed by atoms with E-state index in [2.05, 4.69) is 40.9 Å². The summed E-state index contributed by atoms with van der Waals surface area (Å²) in [5, 5.41) is 4.05. The number of aromatic nitrogens is 4. The molecule has 0 saturated carbocycles. The van der Waals surface area contributed by atoms with Crippen LogP contribution in [-0.2, 0) is 0 Å². The third-order valence-corrected chi connectivity index (χ3v) is 4.50. The molecule has 122 valence electrons. The topological polar surface area (TPSA) is 67.9 Å². The number of hydrogen-bond acceptors (Lipinski definition) is 6. The molecule has 0 aliphatic carbocycles. The highest BCUT2D eigenvalue weighted by Crippen LogP contribution is 2.25. The molecule has 0 radical (unpaired) electrons. The molecule has 0 spiro atoms. The van der Waals surface area contributed by atoms with Crippen LogP contribution in [0.4, 0.5) is 5.82 Å². The number of anilines is 1. The molecule has 1 saturated heterocycles. The van der Waals surface area contributed by atoms with Crippen molar-refractivity contribution in [2.75, 3.05) is 18.0 Å². The van der Waals surface area contributed by atoms with Gasteiger partial charge in [0.05, 0.1) is 5.56 Å². The summed E-state index contributed by atoms with van der Waals surface area (Å²) in [4.78, 5) is 15.4. The zero-order chi connectivity index (χ0) is 16.4. The average Bonchev–Trinajstić information content (AvgIpc) is 3.13. The van der Waals surface area contributed by atoms with Gasteiger partial charge in [0.2, 0.25) is 5.82 Å². The lowest BCUT2D eigenvalue weighted by Crippen LogP contribution is -2.29. The van der Waals surface area contributed by atoms with E-state index in [4.69, 9.17) is 4.52 Å². The maximum absolute atomic E-state index is 5.35. The van der Waals surface area contributed by atoms with E-state index < -0.39 is 0 Å². The van der Waals surface area contributed by atoms with E-state index >= 15 is 0 Å². The van der Waals surface area contributed by atoms with Crippen LogP contribution >= 0.6 is 15.9 Å². The van der Waals surface area contributed by atoms with Crippen LogP contribution in [0.1, 0.15) is 19.3 Å². The second-order valence-electron chi connectivity index (χ2n) is 5.77. The van der Waals surface area contributed by atoms with Crippen molar-refractivity contribution in [2.24, 2.45) is 0 Å². The molecule has 6 nitrogen and oxygen atoms in total. The SMILES string of the molecule is Brc1cncc(-c2nc(-c3ccc(N4CCCCC4)nc3)no2)c1. The van der Waals surface area contributed by atoms with Gasteiger partial charge in [0.1, 0.15) is 5.82 Å². The van der Waals surface area contributed by atoms with Crippen LogP contribution in [0.2, 0.25) is 0 Å². The Morgan fingerprint density at radius 3 is 2.62 bits per heavy atom. The van der Waals surface area contributed by atoms with Gasteiger partial charge in [-0.05, 0) is 53.4 Å². The van der Waals surface area contributed by atoms with E-state index in [0.717, 1.165) is 34.5 Å². The zero-order valence-electron chi connectivity index (χ0n) is 13.0. The van der Waals surface area contributed by atoms with Crippen molar-refractivity contribution in [1.29, 1.82) is 0 Å². The average molecular weight is 386 g/mol. The smallest absolute Gasteiger partial charge is 0.259 e. The summed E-state index contributed by atoms with van der Waals surface area (Å²) in [5.41, 5.74) is 1.62. The highest BCUT2D eigenvalue weighted by Gasteiger charge is 2.14. The van der Waals surface area contributed by atoms with E-state index in [1.54, 1.807) is 18.6 Å². The zero-order valence-corrected chi connectivity index (χ0v) is 14.6. The fourth-order valence-corrected chi connectivity index (χ4v) is 3.18. The first kappa shape index (κ1) is 15.3. The third kappa shape index (κ3) is 3.17. The van der Waals surface area contributed by atoms with E-state index in [1.807, 2.05) is 18.2 Å². The fourth-order valence-electron chi connectivity index (χ4n) is 2.82. The number of hydrogen-bond donors (Lipinski definition) is 0. The molecule has 1 aliphatic heterocycles. The lowest BCUT2D eigenvalue weighted by molar-refractivity contribution is 0.432. The van der Waals surface area contributed by atoms with Crippen molar-refractivity contribution >= 4 is 21.7 Å². The molecule has 3 aromatic heterocycles. The van der Waals surface area contributed by atoms with Crippen LogP contribution in [0.25, 0.3) is 22.8 Å². The minimum atomic E-state index is 0.443. The molecule has 0 amide bonds. The minimum Gasteiger partial charge on any atom is -0.357 e. The Kier molecular flexibility index (Phi) is 4.25. The fraction of sp³-hybridized carbons (Fsp3) is 0.294. The summed E-state index contributed by atoms with van der Waals surface area (Å²) in [7, 11) is 0. The Hall–Kier alpha value is -2.28. The lowest BCUT2D eigenvalue weighted by Gasteiger charge is -2.27. The van der Waals surface area contributed by atoms with Gasteiger partial charge >= 0.3 is 0 Å². The highest BCUT2D eigenvalue weighted by atomic mass is 79.9. The van der Waals surface area contributed by atoms with E-state index in [9.17, 15) is 0 Å². The van der Waals surface area contributed by atoms with Gasteiger partial charge in [0.15, 0.2) is 0 Å². The maximum atomic E-state index is 5.35. The molecule has 0 atom stereocenters. The predicted octanol–water partition coefficient (Wildman–Crippen LogP) is 3.95. The van der Waals surface area contributed by atoms with Crippen molar-refractivity contribution in [1.82, 2.24) is 20.1 Å². The van der Waals surface area contributed by atoms with Crippen molar-refractivity contribution in [3.8, 4) is 22.8 Å². The summed E-state index contributed by atoms with van der Waals surface area (Å²) in [6.07, 6.45) is 8.99. The van der Waals surface area contributed by atoms with Gasteiger partial charge < -0.3 is 9.42 Å². The first-order valence-electron chi connectivity index (χ1n) is 7.95. The molecular formula is C17H16BrN5O. The Balaban J connectivity index is 1.56. The molecular weight excluding hydrogens is 370 g/mol. The van der Waals surface area contributed by atoms with E-state index in [0.29, 0.717) is 11.7 Å². The molecule has 1 aliphatic rings. The molecule has 7 heteroatoms. The largest absolute Gasteiger partial charge is 0.357 e. The standard InChI is InChI=1S/C17H16BrN5O/c18-14-8-13(9-19-11-14)17-21-16(22-24-17)12-4-5-15(20-10-12)23-6-2-1-3-7-23/h4-5,8-11H,1-3,6-7H2. The summed E-state index contributed by atoms with van der Waals surface area (Å²) in [6.45, 7) is 2.16. The van der Waals surface area contributed by atoms with Crippen LogP contribution in [0, 0.1) is 0 Å². The maximum Gasteiger partial charge on any atom is 0.259 e. The molecule has 0 unspecified atom stereocenters. The molecule has 3 aromatic rings. The first-order valence-corrected chi connectivity index (χ1v) is 8.75. The molecule has 4 heterocycles. The number of rotatable bonds is 3. The first-order chi connectivity index (χ1) is 11.8. The molecule has 4 rings (SSSR count). The molecule has 0 N–H and O–H groups in total. The second kappa shape index (κ2) is 6.68. The molecule has 1 fully saturated rings. The van der Waals surface area contributed by atoms with Crippen molar-refractivity contribution in [3.05, 3.63) is 41.3 Å². The molecule has 24 heavy (non-hydrogen) atoms. The van der Waals surface area contributed by atoms with Crippen LogP contribution in [0.15, 0.2) is 45.8 Å². The normalized spacial score (nSPS) is 14.8. The van der Waals surface area contributed by atoms with Gasteiger partial charge in [-0.2, -0.15) is 4.98 Å². The van der Waals surface area contributed by atoms with Crippen molar-refractivity contribution < 1.29 is 4.52 Å². The van der Waals surface area contributed by atoms with E-state index in [1.165, 1.54) is 19.3 Å². The minimum absolute atomic E-state index is 0.443. The summed E-state index contributed by atoms with van der Waals surface area (Å²) >= 11 is 3.39. The van der Waals surface area contributed by atoms with Gasteiger partial charge in [0, 0.05) is 41.7 Å². The van der Waals surface area contributed by atoms with Crippen LogP contribution in [-0.4, -0.2) is 33.2 Å². The van der Waals surface area contributed by atoms with Crippen molar-refractivity contribution in [2.45, 2.75) is 19.3 Å². The van der Waals surface area contributed by atoms with E-state index in [-0.39, 0.29) is 0 Å². The summed E-state index contributed by atoms with van der Waals surface area (Å²) < 4.78 is 6.21. The van der Waals surface area contributed by atoms with Gasteiger partial charge in [-0.3, -0.25) is 4.98 Å². The quantitative estimate of drug-likeness (QED) is 0.679. The summed E-state index contributed by atoms with van der Waals surface area (Å²) in [5.74, 6) is 1.99. The number of nitrogens with zero attached hydrogens (tertiary/aromatic N) is 5. The number of piperidine rings is 1. The number of pyridine rings is 2. The Morgan fingerprint density at radius 1 is 1.00 bits per heavy atom. The van der Waals surface area contributed by atoms with Gasteiger partial charge in [-0.1, -0.05) is 5.16 Å². The molecule has 0 aromatic carbocycles. The second-order valence-corrected chi connectivity index (χ2v) is 6.68. The molecule has 0 bridgehead atoms. The summed E-state index contributed by atoms with van der Waals surface area (Å²) in [6, 6.07) is 5.91. The Bertz CT molecular complexity index is 827. The monoisotopic (exact) mass is 385 g/mol. The highest BCUT2D eigenvalue weighted by molar-refractivity contribution is 9.10. The van der Waals surface area contributed by atoms with Gasteiger partial charge in [-0.15, -0.1) is 0 Å². The Labute approximate surface area is 148 Å². The van der Waals surface area contributed by atoms with Gasteiger partial charge in [0.25, 0.3) is 5.89 Å². The lowest BCUT2D eigenvalue weighted by atomic mass is 10.1. The van der Waals surface area contributed by atoms with Crippen LogP contribution in [0.3, 0.4) is 0 Å². The van der Waals surface area contributed by atoms with Crippen molar-refractivity contribution in [3.63, 3.8) is 0 Å². The van der Waals surface area contributed by atoms with Crippen LogP contribution in [0.5, 0.6) is 0 Å².